The van der Waals surface area contributed by atoms with Crippen molar-refractivity contribution in [3.05, 3.63) is 77.5 Å². The lowest BCUT2D eigenvalue weighted by atomic mass is 10.0. The van der Waals surface area contributed by atoms with Crippen molar-refractivity contribution in [3.8, 4) is 5.88 Å². The molecular formula is C23H22F3N5O2. The lowest BCUT2D eigenvalue weighted by Gasteiger charge is -2.38. The fraction of sp³-hybridized carbons (Fsp3) is 0.348. The zero-order chi connectivity index (χ0) is 23.2. The summed E-state index contributed by atoms with van der Waals surface area (Å²) in [7, 11) is 2.04. The average Bonchev–Trinajstić information content (AvgIpc) is 3.18. The highest BCUT2D eigenvalue weighted by Crippen LogP contribution is 2.30. The van der Waals surface area contributed by atoms with Crippen LogP contribution in [0.3, 0.4) is 0 Å². The number of benzene rings is 1. The number of likely N-dealkylation sites (tertiary alicyclic amines) is 1. The molecule has 3 aromatic rings. The van der Waals surface area contributed by atoms with Gasteiger partial charge >= 0.3 is 6.18 Å². The van der Waals surface area contributed by atoms with Crippen molar-refractivity contribution in [1.29, 1.82) is 0 Å². The highest BCUT2D eigenvalue weighted by atomic mass is 19.4. The number of likely N-dealkylation sites (N-methyl/N-ethyl adjacent to an activating group) is 1. The number of halogens is 3. The Hall–Kier alpha value is -3.40. The lowest BCUT2D eigenvalue weighted by Crippen LogP contribution is -2.56. The summed E-state index contributed by atoms with van der Waals surface area (Å²) in [5.41, 5.74) is 0.565. The third kappa shape index (κ3) is 4.30. The first-order valence-corrected chi connectivity index (χ1v) is 10.6. The number of nitrogens with zero attached hydrogens (tertiary/aromatic N) is 5. The molecule has 33 heavy (non-hydrogen) atoms. The van der Waals surface area contributed by atoms with Gasteiger partial charge in [-0.25, -0.2) is 9.97 Å². The van der Waals surface area contributed by atoms with Gasteiger partial charge < -0.3 is 14.2 Å². The van der Waals surface area contributed by atoms with Gasteiger partial charge in [0.1, 0.15) is 23.3 Å². The van der Waals surface area contributed by atoms with Crippen LogP contribution < -0.4 is 4.74 Å². The van der Waals surface area contributed by atoms with Crippen LogP contribution in [0.25, 0.3) is 0 Å². The first kappa shape index (κ1) is 21.4. The molecule has 2 aliphatic heterocycles. The van der Waals surface area contributed by atoms with Crippen LogP contribution in [0.4, 0.5) is 13.2 Å². The molecule has 1 saturated heterocycles. The summed E-state index contributed by atoms with van der Waals surface area (Å²) < 4.78 is 46.0. The number of rotatable bonds is 4. The predicted octanol–water partition coefficient (Wildman–Crippen LogP) is 3.39. The molecule has 1 fully saturated rings. The van der Waals surface area contributed by atoms with Crippen molar-refractivity contribution < 1.29 is 22.7 Å². The van der Waals surface area contributed by atoms with Gasteiger partial charge in [0.2, 0.25) is 5.88 Å². The summed E-state index contributed by atoms with van der Waals surface area (Å²) in [5, 5.41) is 0. The second kappa shape index (κ2) is 8.18. The van der Waals surface area contributed by atoms with Gasteiger partial charge in [-0.2, -0.15) is 13.2 Å². The summed E-state index contributed by atoms with van der Waals surface area (Å²) in [6.45, 7) is 1.86. The van der Waals surface area contributed by atoms with E-state index in [4.69, 9.17) is 4.74 Å². The van der Waals surface area contributed by atoms with Crippen molar-refractivity contribution in [2.24, 2.45) is 0 Å². The van der Waals surface area contributed by atoms with Crippen molar-refractivity contribution in [1.82, 2.24) is 24.3 Å². The van der Waals surface area contributed by atoms with Crippen LogP contribution >= 0.6 is 0 Å². The quantitative estimate of drug-likeness (QED) is 0.601. The topological polar surface area (TPSA) is 63.5 Å². The minimum atomic E-state index is -4.53. The van der Waals surface area contributed by atoms with Gasteiger partial charge in [-0.15, -0.1) is 0 Å². The highest BCUT2D eigenvalue weighted by Gasteiger charge is 2.37. The van der Waals surface area contributed by atoms with Crippen LogP contribution in [0.15, 0.2) is 54.7 Å². The Bertz CT molecular complexity index is 1160. The summed E-state index contributed by atoms with van der Waals surface area (Å²) in [6.07, 6.45) is -3.16. The Kier molecular flexibility index (Phi) is 5.32. The predicted molar refractivity (Wildman–Crippen MR) is 112 cm³/mol. The average molecular weight is 457 g/mol. The Morgan fingerprint density at radius 1 is 1.03 bits per heavy atom. The van der Waals surface area contributed by atoms with Crippen LogP contribution in [0, 0.1) is 0 Å². The van der Waals surface area contributed by atoms with E-state index >= 15 is 0 Å². The van der Waals surface area contributed by atoms with Gasteiger partial charge in [0.05, 0.1) is 25.7 Å². The highest BCUT2D eigenvalue weighted by molar-refractivity contribution is 5.92. The zero-order valence-corrected chi connectivity index (χ0v) is 17.9. The zero-order valence-electron chi connectivity index (χ0n) is 17.9. The van der Waals surface area contributed by atoms with Gasteiger partial charge in [0.25, 0.3) is 5.91 Å². The minimum absolute atomic E-state index is 0.102. The molecule has 0 aliphatic carbocycles. The number of amides is 1. The van der Waals surface area contributed by atoms with Crippen LogP contribution in [0.1, 0.15) is 33.6 Å². The van der Waals surface area contributed by atoms with Crippen LogP contribution in [-0.4, -0.2) is 56.5 Å². The number of hydrogen-bond acceptors (Lipinski definition) is 5. The first-order chi connectivity index (χ1) is 15.8. The molecule has 0 radical (unpaired) electrons. The number of carbonyl (C=O) groups is 1. The number of ether oxygens (including phenoxy) is 1. The molecule has 10 heteroatoms. The Balaban J connectivity index is 1.21. The maximum Gasteiger partial charge on any atom is 0.433 e. The van der Waals surface area contributed by atoms with E-state index in [0.717, 1.165) is 11.9 Å². The third-order valence-electron chi connectivity index (χ3n) is 5.99. The summed E-state index contributed by atoms with van der Waals surface area (Å²) in [4.78, 5) is 24.7. The molecule has 1 aromatic carbocycles. The molecule has 2 aliphatic rings. The van der Waals surface area contributed by atoms with E-state index in [-0.39, 0.29) is 30.9 Å². The van der Waals surface area contributed by atoms with E-state index in [2.05, 4.69) is 27.0 Å². The molecule has 0 bridgehead atoms. The SMILES string of the molecule is CN1Cc2nc(C(=O)N3CC(Oc4cccc(C(F)(F)F)n4)C3)cn2CC1c1ccccc1. The summed E-state index contributed by atoms with van der Waals surface area (Å²) >= 11 is 0. The normalized spacial score (nSPS) is 19.2. The molecule has 1 atom stereocenters. The fourth-order valence-corrected chi connectivity index (χ4v) is 4.19. The van der Waals surface area contributed by atoms with Gasteiger partial charge in [-0.05, 0) is 18.7 Å². The van der Waals surface area contributed by atoms with E-state index in [1.165, 1.54) is 17.7 Å². The number of fused-ring (bicyclic) bond motifs is 1. The molecule has 2 aromatic heterocycles. The molecule has 0 N–H and O–H groups in total. The molecule has 0 spiro atoms. The van der Waals surface area contributed by atoms with Crippen molar-refractivity contribution >= 4 is 5.91 Å². The molecule has 5 rings (SSSR count). The number of aromatic nitrogens is 3. The Morgan fingerprint density at radius 2 is 1.79 bits per heavy atom. The molecule has 7 nitrogen and oxygen atoms in total. The Morgan fingerprint density at radius 3 is 2.52 bits per heavy atom. The molecule has 1 unspecified atom stereocenters. The number of pyridine rings is 1. The number of carbonyl (C=O) groups excluding carboxylic acids is 1. The van der Waals surface area contributed by atoms with Gasteiger partial charge in [-0.3, -0.25) is 9.69 Å². The minimum Gasteiger partial charge on any atom is -0.471 e. The molecular weight excluding hydrogens is 435 g/mol. The summed E-state index contributed by atoms with van der Waals surface area (Å²) in [5.74, 6) is 0.511. The standard InChI is InChI=1S/C23H22F3N5O2/c1-29-14-20-27-17(12-30(20)13-18(29)15-6-3-2-4-7-15)22(32)31-10-16(11-31)33-21-9-5-8-19(28-21)23(24,25)26/h2-9,12,16,18H,10-11,13-14H2,1H3. The largest absolute Gasteiger partial charge is 0.471 e. The number of hydrogen-bond donors (Lipinski definition) is 0. The third-order valence-corrected chi connectivity index (χ3v) is 5.99. The van der Waals surface area contributed by atoms with Crippen molar-refractivity contribution in [2.45, 2.75) is 31.4 Å². The van der Waals surface area contributed by atoms with E-state index in [1.807, 2.05) is 29.8 Å². The second-order valence-corrected chi connectivity index (χ2v) is 8.35. The van der Waals surface area contributed by atoms with E-state index < -0.39 is 18.0 Å². The van der Waals surface area contributed by atoms with Gasteiger partial charge in [0, 0.05) is 18.8 Å². The lowest BCUT2D eigenvalue weighted by molar-refractivity contribution is -0.141. The van der Waals surface area contributed by atoms with Crippen molar-refractivity contribution in [3.63, 3.8) is 0 Å². The molecule has 0 saturated carbocycles. The number of alkyl halides is 3. The van der Waals surface area contributed by atoms with E-state index in [0.29, 0.717) is 18.8 Å². The molecule has 4 heterocycles. The monoisotopic (exact) mass is 457 g/mol. The first-order valence-electron chi connectivity index (χ1n) is 10.6. The van der Waals surface area contributed by atoms with Crippen LogP contribution in [-0.2, 0) is 19.3 Å². The smallest absolute Gasteiger partial charge is 0.433 e. The second-order valence-electron chi connectivity index (χ2n) is 8.35. The maximum absolute atomic E-state index is 12.9. The molecule has 1 amide bonds. The van der Waals surface area contributed by atoms with Crippen LogP contribution in [0.5, 0.6) is 5.88 Å². The van der Waals surface area contributed by atoms with Gasteiger partial charge in [-0.1, -0.05) is 36.4 Å². The fourth-order valence-electron chi connectivity index (χ4n) is 4.19. The summed E-state index contributed by atoms with van der Waals surface area (Å²) in [6, 6.07) is 13.9. The van der Waals surface area contributed by atoms with E-state index in [1.54, 1.807) is 11.1 Å². The number of imidazole rings is 1. The molecule has 172 valence electrons. The maximum atomic E-state index is 12.9. The van der Waals surface area contributed by atoms with Crippen molar-refractivity contribution in [2.75, 3.05) is 20.1 Å². The van der Waals surface area contributed by atoms with Crippen LogP contribution in [0.2, 0.25) is 0 Å². The Labute approximate surface area is 188 Å². The van der Waals surface area contributed by atoms with Gasteiger partial charge in [0.15, 0.2) is 0 Å². The van der Waals surface area contributed by atoms with E-state index in [9.17, 15) is 18.0 Å².